The first-order chi connectivity index (χ1) is 9.51. The van der Waals surface area contributed by atoms with Gasteiger partial charge in [0.25, 0.3) is 0 Å². The molecule has 104 valence electrons. The quantitative estimate of drug-likeness (QED) is 0.830. The molecule has 20 heavy (non-hydrogen) atoms. The topological polar surface area (TPSA) is 110 Å². The van der Waals surface area contributed by atoms with Crippen LogP contribution in [-0.4, -0.2) is 30.1 Å². The summed E-state index contributed by atoms with van der Waals surface area (Å²) < 4.78 is 24.8. The van der Waals surface area contributed by atoms with Gasteiger partial charge in [-0.15, -0.1) is 10.2 Å². The highest BCUT2D eigenvalue weighted by Crippen LogP contribution is 2.24. The summed E-state index contributed by atoms with van der Waals surface area (Å²) in [7, 11) is -3.35. The molecule has 2 N–H and O–H groups in total. The molecule has 0 aliphatic rings. The number of nitrogens with zero attached hydrogens (tertiary/aromatic N) is 3. The fourth-order valence-corrected chi connectivity index (χ4v) is 4.73. The van der Waals surface area contributed by atoms with E-state index >= 15 is 0 Å². The summed E-state index contributed by atoms with van der Waals surface area (Å²) in [4.78, 5) is 0.217. The SMILES string of the molecule is N#Cc1ccc(S(=O)(=O)CCSc2nnc(N)s2)cc1. The summed E-state index contributed by atoms with van der Waals surface area (Å²) in [5, 5.41) is 16.5. The van der Waals surface area contributed by atoms with E-state index < -0.39 is 9.84 Å². The Balaban J connectivity index is 1.98. The molecule has 0 bridgehead atoms. The van der Waals surface area contributed by atoms with Gasteiger partial charge >= 0.3 is 0 Å². The summed E-state index contributed by atoms with van der Waals surface area (Å²) in [6.07, 6.45) is 0. The van der Waals surface area contributed by atoms with Crippen LogP contribution in [0.25, 0.3) is 0 Å². The number of benzene rings is 1. The molecule has 0 amide bonds. The van der Waals surface area contributed by atoms with Crippen molar-refractivity contribution in [2.75, 3.05) is 17.2 Å². The normalized spacial score (nSPS) is 11.2. The van der Waals surface area contributed by atoms with Crippen LogP contribution in [0.3, 0.4) is 0 Å². The van der Waals surface area contributed by atoms with E-state index in [9.17, 15) is 8.42 Å². The van der Waals surface area contributed by atoms with Crippen molar-refractivity contribution >= 4 is 38.1 Å². The predicted octanol–water partition coefficient (Wildman–Crippen LogP) is 1.56. The average Bonchev–Trinajstić information content (AvgIpc) is 2.84. The molecular weight excluding hydrogens is 316 g/mol. The fraction of sp³-hybridized carbons (Fsp3) is 0.182. The zero-order chi connectivity index (χ0) is 14.6. The molecule has 0 atom stereocenters. The van der Waals surface area contributed by atoms with Gasteiger partial charge in [-0.25, -0.2) is 8.42 Å². The standard InChI is InChI=1S/C11H10N4O2S3/c12-7-8-1-3-9(4-2-8)20(16,17)6-5-18-11-15-14-10(13)19-11/h1-4H,5-6H2,(H2,13,14). The minimum Gasteiger partial charge on any atom is -0.374 e. The van der Waals surface area contributed by atoms with Gasteiger partial charge in [0, 0.05) is 5.75 Å². The predicted molar refractivity (Wildman–Crippen MR) is 78.3 cm³/mol. The second kappa shape index (κ2) is 6.21. The van der Waals surface area contributed by atoms with Gasteiger partial charge in [0.1, 0.15) is 0 Å². The zero-order valence-electron chi connectivity index (χ0n) is 10.2. The van der Waals surface area contributed by atoms with Crippen molar-refractivity contribution in [2.45, 2.75) is 9.24 Å². The Bertz CT molecular complexity index is 732. The Kier molecular flexibility index (Phi) is 4.59. The van der Waals surface area contributed by atoms with E-state index in [-0.39, 0.29) is 10.6 Å². The molecule has 0 unspecified atom stereocenters. The van der Waals surface area contributed by atoms with Crippen LogP contribution in [-0.2, 0) is 9.84 Å². The van der Waals surface area contributed by atoms with Crippen LogP contribution in [0.4, 0.5) is 5.13 Å². The summed E-state index contributed by atoms with van der Waals surface area (Å²) in [5.41, 5.74) is 5.87. The monoisotopic (exact) mass is 326 g/mol. The van der Waals surface area contributed by atoms with Gasteiger partial charge in [-0.1, -0.05) is 23.1 Å². The van der Waals surface area contributed by atoms with Crippen LogP contribution >= 0.6 is 23.1 Å². The number of nitriles is 1. The van der Waals surface area contributed by atoms with E-state index in [1.54, 1.807) is 0 Å². The minimum absolute atomic E-state index is 0.0109. The second-order valence-electron chi connectivity index (χ2n) is 3.71. The maximum absolute atomic E-state index is 12.1. The molecule has 1 aromatic carbocycles. The highest BCUT2D eigenvalue weighted by molar-refractivity contribution is 8.02. The molecule has 2 aromatic rings. The van der Waals surface area contributed by atoms with E-state index in [0.717, 1.165) is 0 Å². The molecule has 1 aromatic heterocycles. The van der Waals surface area contributed by atoms with Gasteiger partial charge in [-0.2, -0.15) is 5.26 Å². The lowest BCUT2D eigenvalue weighted by atomic mass is 10.2. The van der Waals surface area contributed by atoms with Crippen LogP contribution in [0, 0.1) is 11.3 Å². The van der Waals surface area contributed by atoms with Gasteiger partial charge in [0.05, 0.1) is 22.3 Å². The first-order valence-corrected chi connectivity index (χ1v) is 8.91. The molecule has 0 aliphatic heterocycles. The van der Waals surface area contributed by atoms with Crippen LogP contribution in [0.5, 0.6) is 0 Å². The molecule has 6 nitrogen and oxygen atoms in total. The molecule has 0 fully saturated rings. The summed E-state index contributed by atoms with van der Waals surface area (Å²) in [5.74, 6) is 0.361. The van der Waals surface area contributed by atoms with E-state index in [4.69, 9.17) is 11.0 Å². The molecule has 0 radical (unpaired) electrons. The second-order valence-corrected chi connectivity index (χ2v) is 8.17. The summed E-state index contributed by atoms with van der Waals surface area (Å²) >= 11 is 2.53. The Morgan fingerprint density at radius 2 is 2.00 bits per heavy atom. The average molecular weight is 326 g/mol. The highest BCUT2D eigenvalue weighted by Gasteiger charge is 2.15. The van der Waals surface area contributed by atoms with Crippen LogP contribution in [0.15, 0.2) is 33.5 Å². The number of sulfone groups is 1. The van der Waals surface area contributed by atoms with Gasteiger partial charge in [-0.3, -0.25) is 0 Å². The molecule has 2 rings (SSSR count). The maximum atomic E-state index is 12.1. The van der Waals surface area contributed by atoms with Gasteiger partial charge in [0.2, 0.25) is 5.13 Å². The van der Waals surface area contributed by atoms with E-state index in [1.807, 2.05) is 6.07 Å². The Hall–Kier alpha value is -1.63. The van der Waals surface area contributed by atoms with Crippen molar-refractivity contribution in [3.8, 4) is 6.07 Å². The van der Waals surface area contributed by atoms with Crippen molar-refractivity contribution in [3.63, 3.8) is 0 Å². The van der Waals surface area contributed by atoms with Crippen LogP contribution in [0.2, 0.25) is 0 Å². The first-order valence-electron chi connectivity index (χ1n) is 5.46. The maximum Gasteiger partial charge on any atom is 0.203 e. The molecule has 0 aliphatic carbocycles. The Morgan fingerprint density at radius 3 is 2.55 bits per heavy atom. The smallest absolute Gasteiger partial charge is 0.203 e. The zero-order valence-corrected chi connectivity index (χ0v) is 12.6. The fourth-order valence-electron chi connectivity index (χ4n) is 1.37. The van der Waals surface area contributed by atoms with Crippen molar-refractivity contribution in [1.29, 1.82) is 5.26 Å². The third-order valence-electron chi connectivity index (χ3n) is 2.34. The van der Waals surface area contributed by atoms with E-state index in [1.165, 1.54) is 47.4 Å². The minimum atomic E-state index is -3.35. The van der Waals surface area contributed by atoms with Gasteiger partial charge in [0.15, 0.2) is 14.2 Å². The van der Waals surface area contributed by atoms with Crippen molar-refractivity contribution < 1.29 is 8.42 Å². The van der Waals surface area contributed by atoms with E-state index in [0.29, 0.717) is 20.8 Å². The lowest BCUT2D eigenvalue weighted by Crippen LogP contribution is -2.08. The lowest BCUT2D eigenvalue weighted by molar-refractivity contribution is 0.597. The number of thioether (sulfide) groups is 1. The molecule has 9 heteroatoms. The Morgan fingerprint density at radius 1 is 1.30 bits per heavy atom. The van der Waals surface area contributed by atoms with Crippen LogP contribution < -0.4 is 5.73 Å². The number of aromatic nitrogens is 2. The van der Waals surface area contributed by atoms with Gasteiger partial charge < -0.3 is 5.73 Å². The van der Waals surface area contributed by atoms with Crippen molar-refractivity contribution in [2.24, 2.45) is 0 Å². The molecule has 1 heterocycles. The lowest BCUT2D eigenvalue weighted by Gasteiger charge is -2.03. The molecule has 0 spiro atoms. The number of nitrogen functional groups attached to an aromatic ring is 1. The van der Waals surface area contributed by atoms with Crippen LogP contribution in [0.1, 0.15) is 5.56 Å². The number of hydrogen-bond acceptors (Lipinski definition) is 8. The third kappa shape index (κ3) is 3.69. The first kappa shape index (κ1) is 14.8. The largest absolute Gasteiger partial charge is 0.374 e. The third-order valence-corrected chi connectivity index (χ3v) is 6.22. The number of anilines is 1. The number of hydrogen-bond donors (Lipinski definition) is 1. The Labute approximate surface area is 124 Å². The molecule has 0 saturated heterocycles. The molecule has 0 saturated carbocycles. The van der Waals surface area contributed by atoms with Crippen molar-refractivity contribution in [3.05, 3.63) is 29.8 Å². The molecular formula is C11H10N4O2S3. The number of rotatable bonds is 5. The summed E-state index contributed by atoms with van der Waals surface area (Å²) in [6, 6.07) is 7.82. The summed E-state index contributed by atoms with van der Waals surface area (Å²) in [6.45, 7) is 0. The number of nitrogens with two attached hydrogens (primary N) is 1. The van der Waals surface area contributed by atoms with Gasteiger partial charge in [-0.05, 0) is 24.3 Å². The van der Waals surface area contributed by atoms with E-state index in [2.05, 4.69) is 10.2 Å². The highest BCUT2D eigenvalue weighted by atomic mass is 32.2. The van der Waals surface area contributed by atoms with Crippen molar-refractivity contribution in [1.82, 2.24) is 10.2 Å².